The Morgan fingerprint density at radius 1 is 0.878 bits per heavy atom. The molecule has 0 bridgehead atoms. The van der Waals surface area contributed by atoms with Gasteiger partial charge in [0.05, 0.1) is 7.11 Å². The van der Waals surface area contributed by atoms with Crippen molar-refractivity contribution in [2.45, 2.75) is 76.7 Å². The zero-order valence-corrected chi connectivity index (χ0v) is 23.6. The number of fused-ring (bicyclic) bond motifs is 1. The minimum Gasteiger partial charge on any atom is -0.497 e. The van der Waals surface area contributed by atoms with Crippen LogP contribution in [0.4, 0.5) is 0 Å². The third kappa shape index (κ3) is 6.52. The number of aliphatic hydroxyl groups is 1. The molecule has 4 rings (SSSR count). The van der Waals surface area contributed by atoms with Gasteiger partial charge in [0.2, 0.25) is 11.9 Å². The minimum absolute atomic E-state index is 0.00475. The van der Waals surface area contributed by atoms with E-state index in [1.807, 2.05) is 30.3 Å². The van der Waals surface area contributed by atoms with Crippen LogP contribution in [0.15, 0.2) is 42.5 Å². The lowest BCUT2D eigenvalue weighted by Gasteiger charge is -2.48. The highest BCUT2D eigenvalue weighted by molar-refractivity contribution is 5.69. The first-order valence-electron chi connectivity index (χ1n) is 13.3. The summed E-state index contributed by atoms with van der Waals surface area (Å²) in [6.07, 6.45) is -4.15. The predicted molar refractivity (Wildman–Crippen MR) is 142 cm³/mol. The average Bonchev–Trinajstić information content (AvgIpc) is 3.34. The van der Waals surface area contributed by atoms with E-state index in [0.717, 1.165) is 56.1 Å². The van der Waals surface area contributed by atoms with Crippen molar-refractivity contribution in [1.29, 1.82) is 0 Å². The van der Waals surface area contributed by atoms with Crippen molar-refractivity contribution in [2.24, 2.45) is 0 Å². The number of methoxy groups -OCH3 is 1. The first-order valence-corrected chi connectivity index (χ1v) is 13.3. The quantitative estimate of drug-likeness (QED) is 0.369. The van der Waals surface area contributed by atoms with Crippen LogP contribution in [-0.4, -0.2) is 67.1 Å². The molecule has 220 valence electrons. The van der Waals surface area contributed by atoms with Crippen molar-refractivity contribution in [3.8, 4) is 5.75 Å². The van der Waals surface area contributed by atoms with E-state index in [-0.39, 0.29) is 11.5 Å². The molecule has 0 unspecified atom stereocenters. The van der Waals surface area contributed by atoms with E-state index in [1.165, 1.54) is 6.92 Å². The van der Waals surface area contributed by atoms with Crippen molar-refractivity contribution < 1.29 is 52.7 Å². The van der Waals surface area contributed by atoms with E-state index in [4.69, 9.17) is 28.4 Å². The Hall–Kier alpha value is -3.96. The van der Waals surface area contributed by atoms with Crippen LogP contribution in [0.2, 0.25) is 0 Å². The van der Waals surface area contributed by atoms with Gasteiger partial charge in [-0.2, -0.15) is 0 Å². The number of ether oxygens (including phenoxy) is 6. The second-order valence-electron chi connectivity index (χ2n) is 10.1. The lowest BCUT2D eigenvalue weighted by atomic mass is 9.85. The molecule has 1 aliphatic heterocycles. The summed E-state index contributed by atoms with van der Waals surface area (Å²) in [6.45, 7) is 4.12. The number of benzene rings is 2. The zero-order valence-electron chi connectivity index (χ0n) is 23.6. The van der Waals surface area contributed by atoms with Crippen LogP contribution in [0.1, 0.15) is 62.3 Å². The zero-order chi connectivity index (χ0) is 29.9. The van der Waals surface area contributed by atoms with Gasteiger partial charge >= 0.3 is 23.9 Å². The van der Waals surface area contributed by atoms with Crippen molar-refractivity contribution in [3.05, 3.63) is 64.7 Å². The van der Waals surface area contributed by atoms with Gasteiger partial charge < -0.3 is 33.5 Å². The number of aryl methyl sites for hydroxylation is 1. The SMILES string of the molecule is COc1ccc([C@H]2CCc3ccc([C@]4(O)O[C@H](COC(C)=O)[C@@H](OC(C)=O)[C@H](OC(C)=O)[C@H]4OC(C)=O)cc32)cc1. The second kappa shape index (κ2) is 12.3. The number of hydrogen-bond acceptors (Lipinski definition) is 11. The molecule has 0 saturated carbocycles. The molecule has 11 heteroatoms. The largest absolute Gasteiger partial charge is 0.497 e. The summed E-state index contributed by atoms with van der Waals surface area (Å²) in [5.41, 5.74) is 3.28. The van der Waals surface area contributed by atoms with Crippen LogP contribution in [0.5, 0.6) is 5.75 Å². The van der Waals surface area contributed by atoms with E-state index < -0.39 is 60.7 Å². The Morgan fingerprint density at radius 3 is 2.10 bits per heavy atom. The Morgan fingerprint density at radius 2 is 1.51 bits per heavy atom. The van der Waals surface area contributed by atoms with Crippen LogP contribution in [0.3, 0.4) is 0 Å². The molecule has 2 aliphatic rings. The van der Waals surface area contributed by atoms with Crippen molar-refractivity contribution in [1.82, 2.24) is 0 Å². The number of hydrogen-bond donors (Lipinski definition) is 1. The second-order valence-corrected chi connectivity index (χ2v) is 10.1. The summed E-state index contributed by atoms with van der Waals surface area (Å²) < 4.78 is 32.9. The third-order valence-corrected chi connectivity index (χ3v) is 7.21. The molecule has 11 nitrogen and oxygen atoms in total. The minimum atomic E-state index is -2.38. The van der Waals surface area contributed by atoms with E-state index in [9.17, 15) is 24.3 Å². The van der Waals surface area contributed by atoms with Crippen molar-refractivity contribution in [2.75, 3.05) is 13.7 Å². The normalized spacial score (nSPS) is 26.8. The fourth-order valence-electron chi connectivity index (χ4n) is 5.52. The summed E-state index contributed by atoms with van der Waals surface area (Å²) in [7, 11) is 1.60. The van der Waals surface area contributed by atoms with Gasteiger partial charge in [0.15, 0.2) is 12.2 Å². The molecule has 0 spiro atoms. The van der Waals surface area contributed by atoms with Crippen LogP contribution in [0.25, 0.3) is 0 Å². The number of carbonyl (C=O) groups is 4. The maximum absolute atomic E-state index is 12.2. The molecule has 41 heavy (non-hydrogen) atoms. The summed E-state index contributed by atoms with van der Waals surface area (Å²) in [6, 6.07) is 13.0. The van der Waals surface area contributed by atoms with Crippen molar-refractivity contribution in [3.63, 3.8) is 0 Å². The number of esters is 4. The lowest BCUT2D eigenvalue weighted by molar-refractivity contribution is -0.360. The summed E-state index contributed by atoms with van der Waals surface area (Å²) >= 11 is 0. The molecule has 2 aromatic carbocycles. The highest BCUT2D eigenvalue weighted by atomic mass is 16.7. The van der Waals surface area contributed by atoms with Crippen molar-refractivity contribution >= 4 is 23.9 Å². The molecule has 1 saturated heterocycles. The van der Waals surface area contributed by atoms with Gasteiger partial charge in [-0.3, -0.25) is 19.2 Å². The van der Waals surface area contributed by atoms with E-state index in [0.29, 0.717) is 0 Å². The topological polar surface area (TPSA) is 144 Å². The molecule has 1 fully saturated rings. The van der Waals surface area contributed by atoms with Crippen LogP contribution in [0, 0.1) is 0 Å². The highest BCUT2D eigenvalue weighted by Gasteiger charge is 2.60. The van der Waals surface area contributed by atoms with Gasteiger partial charge in [-0.25, -0.2) is 0 Å². The highest BCUT2D eigenvalue weighted by Crippen LogP contribution is 2.45. The number of carbonyl (C=O) groups excluding carboxylic acids is 4. The van der Waals surface area contributed by atoms with Gasteiger partial charge in [0.25, 0.3) is 0 Å². The Balaban J connectivity index is 1.81. The smallest absolute Gasteiger partial charge is 0.303 e. The van der Waals surface area contributed by atoms with Gasteiger partial charge in [0, 0.05) is 39.2 Å². The molecule has 6 atom stereocenters. The molecule has 1 heterocycles. The fourth-order valence-corrected chi connectivity index (χ4v) is 5.52. The first kappa shape index (κ1) is 30.0. The first-order chi connectivity index (χ1) is 19.4. The van der Waals surface area contributed by atoms with E-state index >= 15 is 0 Å². The molecular weight excluding hydrogens is 536 g/mol. The van der Waals surface area contributed by atoms with E-state index in [1.54, 1.807) is 19.2 Å². The van der Waals surface area contributed by atoms with Gasteiger partial charge in [-0.15, -0.1) is 0 Å². The molecule has 0 radical (unpaired) electrons. The summed E-state index contributed by atoms with van der Waals surface area (Å²) in [5.74, 6) is -4.63. The average molecular weight is 571 g/mol. The maximum Gasteiger partial charge on any atom is 0.303 e. The fraction of sp³-hybridized carbons (Fsp3) is 0.467. The van der Waals surface area contributed by atoms with Gasteiger partial charge in [-0.05, 0) is 47.7 Å². The van der Waals surface area contributed by atoms with Gasteiger partial charge in [-0.1, -0.05) is 24.3 Å². The molecule has 2 aromatic rings. The standard InChI is InChI=1S/C30H34O11/c1-16(31)37-15-26-27(38-17(2)32)28(39-18(3)33)29(40-19(4)34)30(35,41-26)22-10-6-21-9-13-24(25(21)14-22)20-7-11-23(36-5)12-8-20/h6-8,10-12,14,24,26-29,35H,9,13,15H2,1-5H3/t24-,26-,27-,28+,29-,30+/m1/s1. The predicted octanol–water partition coefficient (Wildman–Crippen LogP) is 2.68. The number of rotatable bonds is 8. The molecule has 0 amide bonds. The maximum atomic E-state index is 12.2. The van der Waals surface area contributed by atoms with Crippen LogP contribution < -0.4 is 4.74 Å². The van der Waals surface area contributed by atoms with Gasteiger partial charge in [0.1, 0.15) is 18.5 Å². The molecule has 0 aromatic heterocycles. The van der Waals surface area contributed by atoms with E-state index in [2.05, 4.69) is 0 Å². The molecule has 1 aliphatic carbocycles. The van der Waals surface area contributed by atoms with Crippen LogP contribution >= 0.6 is 0 Å². The molecule has 1 N–H and O–H groups in total. The Kier molecular flexibility index (Phi) is 8.98. The third-order valence-electron chi connectivity index (χ3n) is 7.21. The molecular formula is C30H34O11. The summed E-state index contributed by atoms with van der Waals surface area (Å²) in [5, 5.41) is 12.2. The Labute approximate surface area is 237 Å². The monoisotopic (exact) mass is 570 g/mol. The van der Waals surface area contributed by atoms with Crippen LogP contribution in [-0.2, 0) is 55.1 Å². The Bertz CT molecular complexity index is 1300. The summed E-state index contributed by atoms with van der Waals surface area (Å²) in [4.78, 5) is 48.1. The lowest BCUT2D eigenvalue weighted by Crippen LogP contribution is -2.66.